The monoisotopic (exact) mass is 255 g/mol. The zero-order valence-corrected chi connectivity index (χ0v) is 11.6. The van der Waals surface area contributed by atoms with Gasteiger partial charge in [-0.3, -0.25) is 4.90 Å². The van der Waals surface area contributed by atoms with Gasteiger partial charge >= 0.3 is 0 Å². The molecule has 1 N–H and O–H groups in total. The molecule has 17 heavy (non-hydrogen) atoms. The summed E-state index contributed by atoms with van der Waals surface area (Å²) in [6, 6.07) is 0.833. The highest BCUT2D eigenvalue weighted by Crippen LogP contribution is 2.24. The molecule has 0 amide bonds. The predicted octanol–water partition coefficient (Wildman–Crippen LogP) is 0.719. The Kier molecular flexibility index (Phi) is 4.27. The van der Waals surface area contributed by atoms with E-state index in [4.69, 9.17) is 0 Å². The van der Waals surface area contributed by atoms with E-state index < -0.39 is 0 Å². The third-order valence-corrected chi connectivity index (χ3v) is 5.73. The molecule has 0 aliphatic carbocycles. The molecule has 3 aliphatic rings. The smallest absolute Gasteiger partial charge is 0.0233 e. The highest BCUT2D eigenvalue weighted by molar-refractivity contribution is 7.99. The first-order chi connectivity index (χ1) is 8.42. The van der Waals surface area contributed by atoms with Crippen LogP contribution in [0.25, 0.3) is 0 Å². The molecule has 2 atom stereocenters. The largest absolute Gasteiger partial charge is 0.315 e. The van der Waals surface area contributed by atoms with Gasteiger partial charge < -0.3 is 10.2 Å². The summed E-state index contributed by atoms with van der Waals surface area (Å²) < 4.78 is 0. The number of nitrogens with one attached hydrogen (secondary N) is 1. The van der Waals surface area contributed by atoms with Crippen molar-refractivity contribution in [2.75, 3.05) is 57.3 Å². The Bertz CT molecular complexity index is 229. The predicted molar refractivity (Wildman–Crippen MR) is 74.7 cm³/mol. The maximum Gasteiger partial charge on any atom is 0.0233 e. The zero-order valence-electron chi connectivity index (χ0n) is 10.7. The molecule has 0 aromatic heterocycles. The number of thioether (sulfide) groups is 1. The van der Waals surface area contributed by atoms with Crippen molar-refractivity contribution >= 4 is 11.8 Å². The van der Waals surface area contributed by atoms with Crippen molar-refractivity contribution in [1.29, 1.82) is 0 Å². The molecule has 3 nitrogen and oxygen atoms in total. The van der Waals surface area contributed by atoms with Gasteiger partial charge in [-0.15, -0.1) is 0 Å². The minimum absolute atomic E-state index is 0.833. The molecule has 3 fully saturated rings. The molecule has 2 unspecified atom stereocenters. The summed E-state index contributed by atoms with van der Waals surface area (Å²) in [5.41, 5.74) is 0. The van der Waals surface area contributed by atoms with Crippen LogP contribution in [0.5, 0.6) is 0 Å². The average molecular weight is 255 g/mol. The van der Waals surface area contributed by atoms with Crippen molar-refractivity contribution in [2.45, 2.75) is 18.9 Å². The van der Waals surface area contributed by atoms with Crippen LogP contribution in [0.3, 0.4) is 0 Å². The van der Waals surface area contributed by atoms with Gasteiger partial charge in [-0.2, -0.15) is 11.8 Å². The Morgan fingerprint density at radius 1 is 1.12 bits per heavy atom. The second kappa shape index (κ2) is 5.91. The van der Waals surface area contributed by atoms with Crippen molar-refractivity contribution in [1.82, 2.24) is 15.1 Å². The number of nitrogens with zero attached hydrogens (tertiary/aromatic N) is 2. The maximum atomic E-state index is 3.48. The Balaban J connectivity index is 1.40. The van der Waals surface area contributed by atoms with Crippen molar-refractivity contribution in [3.05, 3.63) is 0 Å². The van der Waals surface area contributed by atoms with Crippen LogP contribution in [0.1, 0.15) is 12.8 Å². The van der Waals surface area contributed by atoms with Gasteiger partial charge in [-0.1, -0.05) is 0 Å². The SMILES string of the molecule is C1CC(N2CCN(CC3CCSC3)CC2)CN1. The zero-order chi connectivity index (χ0) is 11.5. The van der Waals surface area contributed by atoms with Crippen molar-refractivity contribution in [2.24, 2.45) is 5.92 Å². The summed E-state index contributed by atoms with van der Waals surface area (Å²) in [7, 11) is 0. The first-order valence-electron chi connectivity index (χ1n) is 7.17. The molecule has 4 heteroatoms. The molecular weight excluding hydrogens is 230 g/mol. The minimum Gasteiger partial charge on any atom is -0.315 e. The van der Waals surface area contributed by atoms with Gasteiger partial charge in [0.2, 0.25) is 0 Å². The Morgan fingerprint density at radius 2 is 2.00 bits per heavy atom. The van der Waals surface area contributed by atoms with Gasteiger partial charge in [-0.25, -0.2) is 0 Å². The third kappa shape index (κ3) is 3.16. The third-order valence-electron chi connectivity index (χ3n) is 4.50. The number of piperazine rings is 1. The van der Waals surface area contributed by atoms with Crippen molar-refractivity contribution in [3.8, 4) is 0 Å². The fraction of sp³-hybridized carbons (Fsp3) is 1.00. The van der Waals surface area contributed by atoms with E-state index in [1.54, 1.807) is 0 Å². The highest BCUT2D eigenvalue weighted by Gasteiger charge is 2.27. The summed E-state index contributed by atoms with van der Waals surface area (Å²) in [5.74, 6) is 3.80. The number of rotatable bonds is 3. The van der Waals surface area contributed by atoms with Crippen LogP contribution in [0.4, 0.5) is 0 Å². The fourth-order valence-electron chi connectivity index (χ4n) is 3.35. The van der Waals surface area contributed by atoms with Crippen LogP contribution in [0, 0.1) is 5.92 Å². The van der Waals surface area contributed by atoms with Gasteiger partial charge in [0.25, 0.3) is 0 Å². The molecule has 0 spiro atoms. The van der Waals surface area contributed by atoms with E-state index >= 15 is 0 Å². The Hall–Kier alpha value is 0.230. The Labute approximate surface area is 109 Å². The van der Waals surface area contributed by atoms with Crippen LogP contribution in [-0.4, -0.2) is 73.2 Å². The first kappa shape index (κ1) is 12.3. The molecule has 3 heterocycles. The molecular formula is C13H25N3S. The summed E-state index contributed by atoms with van der Waals surface area (Å²) >= 11 is 2.15. The van der Waals surface area contributed by atoms with E-state index in [2.05, 4.69) is 26.9 Å². The lowest BCUT2D eigenvalue weighted by Crippen LogP contribution is -2.51. The van der Waals surface area contributed by atoms with Crippen LogP contribution in [-0.2, 0) is 0 Å². The summed E-state index contributed by atoms with van der Waals surface area (Å²) in [6.07, 6.45) is 2.82. The quantitative estimate of drug-likeness (QED) is 0.800. The van der Waals surface area contributed by atoms with Crippen LogP contribution in [0.15, 0.2) is 0 Å². The first-order valence-corrected chi connectivity index (χ1v) is 8.32. The van der Waals surface area contributed by atoms with E-state index in [-0.39, 0.29) is 0 Å². The fourth-order valence-corrected chi connectivity index (χ4v) is 4.63. The van der Waals surface area contributed by atoms with Gasteiger partial charge in [0.15, 0.2) is 0 Å². The molecule has 0 radical (unpaired) electrons. The summed E-state index contributed by atoms with van der Waals surface area (Å²) in [6.45, 7) is 9.01. The lowest BCUT2D eigenvalue weighted by atomic mass is 10.1. The Morgan fingerprint density at radius 3 is 2.65 bits per heavy atom. The van der Waals surface area contributed by atoms with Gasteiger partial charge in [-0.05, 0) is 36.8 Å². The molecule has 0 saturated carbocycles. The van der Waals surface area contributed by atoms with Gasteiger partial charge in [0.05, 0.1) is 0 Å². The van der Waals surface area contributed by atoms with Crippen molar-refractivity contribution in [3.63, 3.8) is 0 Å². The van der Waals surface area contributed by atoms with Crippen LogP contribution in [0.2, 0.25) is 0 Å². The summed E-state index contributed by atoms with van der Waals surface area (Å²) in [4.78, 5) is 5.41. The molecule has 0 bridgehead atoms. The molecule has 0 aromatic carbocycles. The van der Waals surface area contributed by atoms with Crippen LogP contribution >= 0.6 is 11.8 Å². The second-order valence-electron chi connectivity index (χ2n) is 5.71. The minimum atomic E-state index is 0.833. The lowest BCUT2D eigenvalue weighted by molar-refractivity contribution is 0.0940. The normalized spacial score (nSPS) is 36.7. The molecule has 98 valence electrons. The lowest BCUT2D eigenvalue weighted by Gasteiger charge is -2.38. The van der Waals surface area contributed by atoms with Gasteiger partial charge in [0, 0.05) is 45.3 Å². The standard InChI is InChI=1S/C13H25N3S/c1-3-14-9-13(1)16-6-4-15(5-7-16)10-12-2-8-17-11-12/h12-14H,1-11H2. The van der Waals surface area contributed by atoms with Gasteiger partial charge in [0.1, 0.15) is 0 Å². The molecule has 3 rings (SSSR count). The highest BCUT2D eigenvalue weighted by atomic mass is 32.2. The van der Waals surface area contributed by atoms with Crippen molar-refractivity contribution < 1.29 is 0 Å². The second-order valence-corrected chi connectivity index (χ2v) is 6.86. The van der Waals surface area contributed by atoms with E-state index in [1.807, 2.05) is 0 Å². The average Bonchev–Trinajstić information content (AvgIpc) is 3.01. The van der Waals surface area contributed by atoms with E-state index in [1.165, 1.54) is 70.2 Å². The molecule has 0 aromatic rings. The van der Waals surface area contributed by atoms with E-state index in [0.29, 0.717) is 0 Å². The van der Waals surface area contributed by atoms with E-state index in [9.17, 15) is 0 Å². The maximum absolute atomic E-state index is 3.48. The molecule has 3 aliphatic heterocycles. The van der Waals surface area contributed by atoms with E-state index in [0.717, 1.165) is 12.0 Å². The van der Waals surface area contributed by atoms with Crippen LogP contribution < -0.4 is 5.32 Å². The number of hydrogen-bond donors (Lipinski definition) is 1. The number of hydrogen-bond acceptors (Lipinski definition) is 4. The molecule has 3 saturated heterocycles. The topological polar surface area (TPSA) is 18.5 Å². The summed E-state index contributed by atoms with van der Waals surface area (Å²) in [5, 5.41) is 3.48.